The lowest BCUT2D eigenvalue weighted by molar-refractivity contribution is 0.404. The molecular formula is C11H8ClFN2O. The normalized spacial score (nSPS) is 9.88. The van der Waals surface area contributed by atoms with Crippen molar-refractivity contribution in [2.45, 2.75) is 0 Å². The first-order chi connectivity index (χ1) is 7.74. The van der Waals surface area contributed by atoms with Gasteiger partial charge in [0.05, 0.1) is 5.69 Å². The van der Waals surface area contributed by atoms with Gasteiger partial charge in [0.1, 0.15) is 11.0 Å². The van der Waals surface area contributed by atoms with Gasteiger partial charge in [-0.3, -0.25) is 0 Å². The molecular weight excluding hydrogens is 231 g/mol. The molecule has 0 saturated heterocycles. The van der Waals surface area contributed by atoms with Crippen LogP contribution in [0.4, 0.5) is 10.1 Å². The van der Waals surface area contributed by atoms with Gasteiger partial charge in [-0.15, -0.1) is 0 Å². The molecule has 1 aromatic carbocycles. The van der Waals surface area contributed by atoms with E-state index in [1.807, 2.05) is 0 Å². The van der Waals surface area contributed by atoms with E-state index in [9.17, 15) is 4.39 Å². The smallest absolute Gasteiger partial charge is 0.159 e. The topological polar surface area (TPSA) is 34.1 Å². The molecule has 1 aromatic heterocycles. The number of anilines is 1. The third-order valence-corrected chi connectivity index (χ3v) is 2.02. The predicted molar refractivity (Wildman–Crippen MR) is 59.9 cm³/mol. The summed E-state index contributed by atoms with van der Waals surface area (Å²) in [4.78, 5) is 8.99. The molecule has 5 heteroatoms. The van der Waals surface area contributed by atoms with E-state index in [0.717, 1.165) is 0 Å². The molecule has 0 radical (unpaired) electrons. The molecule has 1 N–H and O–H groups in total. The van der Waals surface area contributed by atoms with Crippen molar-refractivity contribution in [3.63, 3.8) is 0 Å². The molecule has 2 aromatic rings. The third-order valence-electron chi connectivity index (χ3n) is 1.81. The summed E-state index contributed by atoms with van der Waals surface area (Å²) in [5.74, 6) is 0.172. The lowest BCUT2D eigenvalue weighted by Crippen LogP contribution is -2.04. The third kappa shape index (κ3) is 2.84. The summed E-state index contributed by atoms with van der Waals surface area (Å²) in [5, 5.41) is 0.332. The number of hydrogen-bond donors (Lipinski definition) is 1. The average Bonchev–Trinajstić information content (AvgIpc) is 2.27. The maximum absolute atomic E-state index is 12.8. The predicted octanol–water partition coefficient (Wildman–Crippen LogP) is 3.28. The number of hydrogen-bond acceptors (Lipinski definition) is 3. The van der Waals surface area contributed by atoms with E-state index in [-0.39, 0.29) is 5.82 Å². The Balaban J connectivity index is 2.02. The lowest BCUT2D eigenvalue weighted by atomic mass is 10.3. The number of halogens is 2. The Hall–Kier alpha value is -1.81. The maximum Gasteiger partial charge on any atom is 0.159 e. The monoisotopic (exact) mass is 238 g/mol. The van der Waals surface area contributed by atoms with Crippen molar-refractivity contribution in [2.75, 3.05) is 5.48 Å². The molecule has 82 valence electrons. The van der Waals surface area contributed by atoms with Crippen LogP contribution < -0.4 is 10.3 Å². The zero-order chi connectivity index (χ0) is 11.4. The highest BCUT2D eigenvalue weighted by Crippen LogP contribution is 2.16. The molecule has 2 rings (SSSR count). The fraction of sp³-hybridized carbons (Fsp3) is 0. The highest BCUT2D eigenvalue weighted by Gasteiger charge is 1.97. The van der Waals surface area contributed by atoms with Crippen molar-refractivity contribution in [1.82, 2.24) is 4.98 Å². The second-order valence-corrected chi connectivity index (χ2v) is 3.42. The molecule has 0 unspecified atom stereocenters. The first-order valence-electron chi connectivity index (χ1n) is 4.54. The Bertz CT molecular complexity index is 447. The average molecular weight is 239 g/mol. The van der Waals surface area contributed by atoms with Gasteiger partial charge in [0, 0.05) is 24.4 Å². The minimum absolute atomic E-state index is 0.332. The van der Waals surface area contributed by atoms with Crippen molar-refractivity contribution in [1.29, 1.82) is 0 Å². The van der Waals surface area contributed by atoms with Gasteiger partial charge in [0.15, 0.2) is 5.75 Å². The lowest BCUT2D eigenvalue weighted by Gasteiger charge is -2.07. The van der Waals surface area contributed by atoms with Crippen LogP contribution in [0.1, 0.15) is 0 Å². The van der Waals surface area contributed by atoms with Gasteiger partial charge in [-0.05, 0) is 12.1 Å². The zero-order valence-electron chi connectivity index (χ0n) is 8.15. The molecule has 0 bridgehead atoms. The summed E-state index contributed by atoms with van der Waals surface area (Å²) >= 11 is 5.67. The molecule has 0 amide bonds. The number of nitrogens with zero attached hydrogens (tertiary/aromatic N) is 1. The number of benzene rings is 1. The van der Waals surface area contributed by atoms with Crippen molar-refractivity contribution < 1.29 is 9.23 Å². The van der Waals surface area contributed by atoms with E-state index < -0.39 is 0 Å². The van der Waals surface area contributed by atoms with Crippen molar-refractivity contribution in [2.24, 2.45) is 0 Å². The number of pyridine rings is 1. The van der Waals surface area contributed by atoms with Gasteiger partial charge < -0.3 is 4.84 Å². The van der Waals surface area contributed by atoms with Crippen molar-refractivity contribution in [3.8, 4) is 5.75 Å². The van der Waals surface area contributed by atoms with Crippen LogP contribution in [0.3, 0.4) is 0 Å². The Morgan fingerprint density at radius 3 is 2.88 bits per heavy atom. The highest BCUT2D eigenvalue weighted by molar-refractivity contribution is 6.29. The highest BCUT2D eigenvalue weighted by atomic mass is 35.5. The summed E-state index contributed by atoms with van der Waals surface area (Å²) < 4.78 is 12.8. The number of aromatic nitrogens is 1. The zero-order valence-corrected chi connectivity index (χ0v) is 8.91. The fourth-order valence-corrected chi connectivity index (χ4v) is 1.28. The van der Waals surface area contributed by atoms with Crippen LogP contribution in [0.5, 0.6) is 5.75 Å². The molecule has 0 atom stereocenters. The van der Waals surface area contributed by atoms with E-state index >= 15 is 0 Å². The second-order valence-electron chi connectivity index (χ2n) is 3.03. The molecule has 0 aliphatic rings. The summed E-state index contributed by atoms with van der Waals surface area (Å²) in [6.45, 7) is 0. The van der Waals surface area contributed by atoms with Gasteiger partial charge in [-0.2, -0.15) is 0 Å². The largest absolute Gasteiger partial charge is 0.382 e. The molecule has 3 nitrogen and oxygen atoms in total. The summed E-state index contributed by atoms with van der Waals surface area (Å²) in [6.07, 6.45) is 1.52. The summed E-state index contributed by atoms with van der Waals surface area (Å²) in [6, 6.07) is 9.13. The van der Waals surface area contributed by atoms with E-state index in [0.29, 0.717) is 16.6 Å². The van der Waals surface area contributed by atoms with Gasteiger partial charge in [0.2, 0.25) is 0 Å². The van der Waals surface area contributed by atoms with Crippen LogP contribution in [0.2, 0.25) is 5.15 Å². The van der Waals surface area contributed by atoms with E-state index in [2.05, 4.69) is 10.5 Å². The van der Waals surface area contributed by atoms with E-state index in [4.69, 9.17) is 16.4 Å². The van der Waals surface area contributed by atoms with Crippen LogP contribution in [0.15, 0.2) is 42.6 Å². The summed E-state index contributed by atoms with van der Waals surface area (Å²) in [5.41, 5.74) is 3.12. The minimum atomic E-state index is -0.332. The van der Waals surface area contributed by atoms with Crippen molar-refractivity contribution >= 4 is 17.3 Å². The maximum atomic E-state index is 12.8. The molecule has 0 fully saturated rings. The molecule has 0 aliphatic carbocycles. The van der Waals surface area contributed by atoms with E-state index in [1.54, 1.807) is 24.3 Å². The Morgan fingerprint density at radius 1 is 1.25 bits per heavy atom. The van der Waals surface area contributed by atoms with Gasteiger partial charge in [0.25, 0.3) is 0 Å². The van der Waals surface area contributed by atoms with Crippen LogP contribution in [-0.2, 0) is 0 Å². The van der Waals surface area contributed by atoms with Crippen LogP contribution in [0, 0.1) is 5.82 Å². The number of rotatable bonds is 3. The molecule has 1 heterocycles. The Morgan fingerprint density at radius 2 is 2.12 bits per heavy atom. The number of nitrogens with one attached hydrogen (secondary N) is 1. The molecule has 16 heavy (non-hydrogen) atoms. The first-order valence-corrected chi connectivity index (χ1v) is 4.92. The SMILES string of the molecule is Fc1cccc(NOc2ccnc(Cl)c2)c1. The standard InChI is InChI=1S/C11H8ClFN2O/c12-11-7-10(4-5-14-11)16-15-9-3-1-2-8(13)6-9/h1-7,15H. The van der Waals surface area contributed by atoms with E-state index in [1.165, 1.54) is 18.3 Å². The second kappa shape index (κ2) is 4.81. The molecule has 0 aliphatic heterocycles. The summed E-state index contributed by atoms with van der Waals surface area (Å²) in [7, 11) is 0. The van der Waals surface area contributed by atoms with Crippen LogP contribution in [-0.4, -0.2) is 4.98 Å². The van der Waals surface area contributed by atoms with Gasteiger partial charge in [-0.1, -0.05) is 17.7 Å². The fourth-order valence-electron chi connectivity index (χ4n) is 1.12. The first kappa shape index (κ1) is 10.7. The van der Waals surface area contributed by atoms with Crippen molar-refractivity contribution in [3.05, 3.63) is 53.6 Å². The van der Waals surface area contributed by atoms with Gasteiger partial charge in [-0.25, -0.2) is 14.9 Å². The Labute approximate surface area is 96.8 Å². The minimum Gasteiger partial charge on any atom is -0.382 e. The van der Waals surface area contributed by atoms with Crippen LogP contribution in [0.25, 0.3) is 0 Å². The molecule has 0 spiro atoms. The molecule has 0 saturated carbocycles. The Kier molecular flexibility index (Phi) is 3.22. The van der Waals surface area contributed by atoms with Gasteiger partial charge >= 0.3 is 0 Å². The quantitative estimate of drug-likeness (QED) is 0.658. The van der Waals surface area contributed by atoms with Crippen LogP contribution >= 0.6 is 11.6 Å².